The molecule has 1 unspecified atom stereocenters. The molecule has 0 aromatic heterocycles. The van der Waals surface area contributed by atoms with Gasteiger partial charge >= 0.3 is 6.18 Å². The van der Waals surface area contributed by atoms with Crippen LogP contribution in [0.15, 0.2) is 12.1 Å². The van der Waals surface area contributed by atoms with Crippen LogP contribution in [0.4, 0.5) is 13.2 Å². The predicted molar refractivity (Wildman–Crippen MR) is 80.5 cm³/mol. The average Bonchev–Trinajstić information content (AvgIpc) is 3.29. The van der Waals surface area contributed by atoms with E-state index < -0.39 is 29.9 Å². The molecule has 1 fully saturated rings. The summed E-state index contributed by atoms with van der Waals surface area (Å²) in [6, 6.07) is 2.25. The highest BCUT2D eigenvalue weighted by atomic mass is 35.5. The molecule has 0 saturated heterocycles. The highest BCUT2D eigenvalue weighted by Gasteiger charge is 2.57. The summed E-state index contributed by atoms with van der Waals surface area (Å²) in [4.78, 5) is 14.2. The van der Waals surface area contributed by atoms with Gasteiger partial charge in [0.15, 0.2) is 0 Å². The summed E-state index contributed by atoms with van der Waals surface area (Å²) in [7, 11) is 0. The molecule has 1 aromatic carbocycles. The lowest BCUT2D eigenvalue weighted by atomic mass is 9.88. The molecule has 3 rings (SSSR count). The summed E-state index contributed by atoms with van der Waals surface area (Å²) >= 11 is 5.90. The Kier molecular flexibility index (Phi) is 4.09. The van der Waals surface area contributed by atoms with E-state index in [-0.39, 0.29) is 23.2 Å². The van der Waals surface area contributed by atoms with Gasteiger partial charge in [-0.2, -0.15) is 13.2 Å². The number of benzene rings is 1. The van der Waals surface area contributed by atoms with Gasteiger partial charge in [-0.25, -0.2) is 0 Å². The summed E-state index contributed by atoms with van der Waals surface area (Å²) in [5.74, 6) is -0.214. The van der Waals surface area contributed by atoms with Crippen molar-refractivity contribution in [3.05, 3.63) is 33.8 Å². The van der Waals surface area contributed by atoms with E-state index in [1.165, 1.54) is 11.0 Å². The molecule has 1 aliphatic heterocycles. The van der Waals surface area contributed by atoms with E-state index in [4.69, 9.17) is 11.6 Å². The van der Waals surface area contributed by atoms with Crippen LogP contribution in [0, 0.1) is 5.92 Å². The highest BCUT2D eigenvalue weighted by molar-refractivity contribution is 6.31. The van der Waals surface area contributed by atoms with E-state index >= 15 is 0 Å². The Balaban J connectivity index is 2.11. The molecule has 1 amide bonds. The van der Waals surface area contributed by atoms with Crippen molar-refractivity contribution in [2.45, 2.75) is 44.1 Å². The lowest BCUT2D eigenvalue weighted by molar-refractivity contribution is -0.277. The van der Waals surface area contributed by atoms with E-state index in [1.807, 2.05) is 6.92 Å². The zero-order chi connectivity index (χ0) is 17.9. The first kappa shape index (κ1) is 17.5. The second-order valence-electron chi connectivity index (χ2n) is 6.51. The minimum Gasteiger partial charge on any atom is -0.393 e. The SMILES string of the molecule is C[C@@H](C1CC1)N1Cc2cc(Cl)cc(C(O)(CO)C(F)(F)F)c2C1=O. The minimum atomic E-state index is -5.14. The second-order valence-corrected chi connectivity index (χ2v) is 6.95. The molecule has 24 heavy (non-hydrogen) atoms. The van der Waals surface area contributed by atoms with E-state index in [9.17, 15) is 28.2 Å². The molecule has 0 radical (unpaired) electrons. The number of aliphatic hydroxyl groups is 2. The molecular weight excluding hydrogens is 347 g/mol. The molecule has 1 aliphatic carbocycles. The molecule has 4 nitrogen and oxygen atoms in total. The molecule has 1 saturated carbocycles. The molecule has 2 N–H and O–H groups in total. The number of carbonyl (C=O) groups is 1. The number of hydrogen-bond acceptors (Lipinski definition) is 3. The van der Waals surface area contributed by atoms with Crippen molar-refractivity contribution in [3.8, 4) is 0 Å². The molecule has 2 atom stereocenters. The molecule has 0 bridgehead atoms. The number of hydrogen-bond donors (Lipinski definition) is 2. The van der Waals surface area contributed by atoms with Crippen molar-refractivity contribution in [1.82, 2.24) is 4.90 Å². The minimum absolute atomic E-state index is 0.0198. The first-order chi connectivity index (χ1) is 11.1. The fraction of sp³-hybridized carbons (Fsp3) is 0.562. The number of amides is 1. The second kappa shape index (κ2) is 5.61. The zero-order valence-corrected chi connectivity index (χ0v) is 13.7. The van der Waals surface area contributed by atoms with Crippen molar-refractivity contribution >= 4 is 17.5 Å². The van der Waals surface area contributed by atoms with Crippen LogP contribution in [0.5, 0.6) is 0 Å². The van der Waals surface area contributed by atoms with E-state index in [1.54, 1.807) is 0 Å². The van der Waals surface area contributed by atoms with Crippen LogP contribution in [-0.4, -0.2) is 39.8 Å². The van der Waals surface area contributed by atoms with Crippen LogP contribution in [0.25, 0.3) is 0 Å². The Hall–Kier alpha value is -1.31. The molecule has 2 aliphatic rings. The molecule has 0 spiro atoms. The molecule has 8 heteroatoms. The van der Waals surface area contributed by atoms with Gasteiger partial charge in [-0.15, -0.1) is 0 Å². The van der Waals surface area contributed by atoms with Gasteiger partial charge in [0, 0.05) is 23.2 Å². The first-order valence-electron chi connectivity index (χ1n) is 7.64. The van der Waals surface area contributed by atoms with Crippen molar-refractivity contribution in [2.75, 3.05) is 6.61 Å². The first-order valence-corrected chi connectivity index (χ1v) is 8.01. The smallest absolute Gasteiger partial charge is 0.393 e. The fourth-order valence-electron chi connectivity index (χ4n) is 3.26. The third kappa shape index (κ3) is 2.59. The zero-order valence-electron chi connectivity index (χ0n) is 12.9. The fourth-order valence-corrected chi connectivity index (χ4v) is 3.50. The van der Waals surface area contributed by atoms with Crippen molar-refractivity contribution in [3.63, 3.8) is 0 Å². The van der Waals surface area contributed by atoms with Crippen LogP contribution >= 0.6 is 11.6 Å². The number of aliphatic hydroxyl groups excluding tert-OH is 1. The van der Waals surface area contributed by atoms with Crippen LogP contribution in [0.3, 0.4) is 0 Å². The van der Waals surface area contributed by atoms with Crippen LogP contribution < -0.4 is 0 Å². The van der Waals surface area contributed by atoms with Gasteiger partial charge in [0.05, 0.1) is 12.2 Å². The summed E-state index contributed by atoms with van der Waals surface area (Å²) < 4.78 is 40.0. The van der Waals surface area contributed by atoms with Crippen LogP contribution in [0.1, 0.15) is 41.3 Å². The van der Waals surface area contributed by atoms with Crippen molar-refractivity contribution in [2.24, 2.45) is 5.92 Å². The Bertz CT molecular complexity index is 690. The molecule has 1 aromatic rings. The Morgan fingerprint density at radius 1 is 1.38 bits per heavy atom. The standard InChI is InChI=1S/C16H17ClF3NO3/c1-8(9-2-3-9)21-6-10-4-11(17)5-12(13(10)14(21)23)15(24,7-22)16(18,19)20/h4-5,8-9,22,24H,2-3,6-7H2,1H3/t8-,15?/m0/s1. The van der Waals surface area contributed by atoms with Gasteiger partial charge in [0.1, 0.15) is 0 Å². The maximum absolute atomic E-state index is 13.3. The van der Waals surface area contributed by atoms with E-state index in [0.717, 1.165) is 18.9 Å². The normalized spacial score (nSPS) is 21.6. The lowest BCUT2D eigenvalue weighted by Crippen LogP contribution is -2.47. The summed E-state index contributed by atoms with van der Waals surface area (Å²) in [5, 5.41) is 19.3. The molecular formula is C16H17ClF3NO3. The lowest BCUT2D eigenvalue weighted by Gasteiger charge is -2.30. The number of carbonyl (C=O) groups excluding carboxylic acids is 1. The van der Waals surface area contributed by atoms with Gasteiger partial charge in [-0.3, -0.25) is 4.79 Å². The Morgan fingerprint density at radius 3 is 2.50 bits per heavy atom. The number of halogens is 4. The van der Waals surface area contributed by atoms with E-state index in [2.05, 4.69) is 0 Å². The molecule has 132 valence electrons. The number of alkyl halides is 3. The quantitative estimate of drug-likeness (QED) is 0.864. The van der Waals surface area contributed by atoms with Gasteiger partial charge in [-0.05, 0) is 43.4 Å². The topological polar surface area (TPSA) is 60.8 Å². The van der Waals surface area contributed by atoms with Gasteiger partial charge in [-0.1, -0.05) is 11.6 Å². The number of fused-ring (bicyclic) bond motifs is 1. The largest absolute Gasteiger partial charge is 0.423 e. The number of nitrogens with zero attached hydrogens (tertiary/aromatic N) is 1. The predicted octanol–water partition coefficient (Wildman–Crippen LogP) is 2.84. The third-order valence-electron chi connectivity index (χ3n) is 4.94. The summed E-state index contributed by atoms with van der Waals surface area (Å²) in [6.45, 7) is 0.429. The Labute approximate surface area is 141 Å². The maximum Gasteiger partial charge on any atom is 0.423 e. The summed E-state index contributed by atoms with van der Waals surface area (Å²) in [5.41, 5.74) is -4.08. The highest BCUT2D eigenvalue weighted by Crippen LogP contribution is 2.45. The van der Waals surface area contributed by atoms with Crippen molar-refractivity contribution in [1.29, 1.82) is 0 Å². The Morgan fingerprint density at radius 2 is 2.00 bits per heavy atom. The van der Waals surface area contributed by atoms with Crippen LogP contribution in [-0.2, 0) is 12.1 Å². The van der Waals surface area contributed by atoms with Crippen LogP contribution in [0.2, 0.25) is 5.02 Å². The summed E-state index contributed by atoms with van der Waals surface area (Å²) in [6.07, 6.45) is -3.17. The van der Waals surface area contributed by atoms with Gasteiger partial charge < -0.3 is 15.1 Å². The average molecular weight is 364 g/mol. The van der Waals surface area contributed by atoms with Gasteiger partial charge in [0.2, 0.25) is 5.60 Å². The van der Waals surface area contributed by atoms with Crippen molar-refractivity contribution < 1.29 is 28.2 Å². The molecule has 1 heterocycles. The van der Waals surface area contributed by atoms with Gasteiger partial charge in [0.25, 0.3) is 5.91 Å². The van der Waals surface area contributed by atoms with E-state index in [0.29, 0.717) is 11.5 Å². The number of rotatable bonds is 4. The third-order valence-corrected chi connectivity index (χ3v) is 5.16. The monoisotopic (exact) mass is 363 g/mol. The maximum atomic E-state index is 13.3.